The molecule has 0 aliphatic heterocycles. The van der Waals surface area contributed by atoms with E-state index in [4.69, 9.17) is 0 Å². The number of hydrogen-bond donors (Lipinski definition) is 1. The van der Waals surface area contributed by atoms with E-state index in [9.17, 15) is 13.2 Å². The lowest BCUT2D eigenvalue weighted by Gasteiger charge is -2.22. The number of nitrogens with one attached hydrogen (secondary N) is 1. The van der Waals surface area contributed by atoms with Gasteiger partial charge in [0.25, 0.3) is 0 Å². The highest BCUT2D eigenvalue weighted by Crippen LogP contribution is 2.35. The summed E-state index contributed by atoms with van der Waals surface area (Å²) in [5.41, 5.74) is 0.694. The number of hydrogen-bond acceptors (Lipinski definition) is 1. The molecule has 0 saturated carbocycles. The van der Waals surface area contributed by atoms with E-state index in [0.717, 1.165) is 21.7 Å². The monoisotopic (exact) mass is 359 g/mol. The number of alkyl halides is 3. The van der Waals surface area contributed by atoms with Crippen molar-refractivity contribution in [2.24, 2.45) is 0 Å². The van der Waals surface area contributed by atoms with Crippen molar-refractivity contribution in [2.45, 2.75) is 32.0 Å². The predicted octanol–water partition coefficient (Wildman–Crippen LogP) is 5.60. The van der Waals surface area contributed by atoms with Crippen LogP contribution in [0.15, 0.2) is 40.9 Å². The van der Waals surface area contributed by atoms with Gasteiger partial charge in [-0.15, -0.1) is 0 Å². The first kappa shape index (κ1) is 16.3. The molecule has 1 nitrogen and oxygen atoms in total. The van der Waals surface area contributed by atoms with Gasteiger partial charge in [-0.05, 0) is 35.4 Å². The van der Waals surface area contributed by atoms with Crippen LogP contribution in [0.1, 0.15) is 31.4 Å². The summed E-state index contributed by atoms with van der Waals surface area (Å²) in [6.07, 6.45) is -4.26. The molecule has 0 heterocycles. The first-order chi connectivity index (χ1) is 9.92. The fourth-order valence-electron chi connectivity index (χ4n) is 2.43. The van der Waals surface area contributed by atoms with Crippen molar-refractivity contribution in [2.75, 3.05) is 6.54 Å². The van der Waals surface area contributed by atoms with Crippen LogP contribution in [0.5, 0.6) is 0 Å². The summed E-state index contributed by atoms with van der Waals surface area (Å²) < 4.78 is 39.4. The molecule has 0 fully saturated rings. The van der Waals surface area contributed by atoms with Crippen molar-refractivity contribution in [1.82, 2.24) is 5.32 Å². The molecule has 2 aromatic rings. The molecule has 1 N–H and O–H groups in total. The third kappa shape index (κ3) is 4.20. The SMILES string of the molecule is CCCNC(CC(F)(F)F)c1ccc(Br)c2ccccc12. The zero-order valence-electron chi connectivity index (χ0n) is 11.7. The molecule has 5 heteroatoms. The molecule has 0 aliphatic carbocycles. The molecule has 0 bridgehead atoms. The molecule has 0 spiro atoms. The minimum atomic E-state index is -4.19. The van der Waals surface area contributed by atoms with Crippen molar-refractivity contribution in [1.29, 1.82) is 0 Å². The Hall–Kier alpha value is -1.07. The highest BCUT2D eigenvalue weighted by molar-refractivity contribution is 9.10. The quantitative estimate of drug-likeness (QED) is 0.732. The van der Waals surface area contributed by atoms with E-state index in [-0.39, 0.29) is 0 Å². The fraction of sp³-hybridized carbons (Fsp3) is 0.375. The lowest BCUT2D eigenvalue weighted by molar-refractivity contribution is -0.140. The Morgan fingerprint density at radius 2 is 1.76 bits per heavy atom. The summed E-state index contributed by atoms with van der Waals surface area (Å²) in [4.78, 5) is 0. The average Bonchev–Trinajstić information content (AvgIpc) is 2.43. The van der Waals surface area contributed by atoms with Crippen LogP contribution >= 0.6 is 15.9 Å². The van der Waals surface area contributed by atoms with Crippen molar-refractivity contribution in [3.8, 4) is 0 Å². The molecular weight excluding hydrogens is 343 g/mol. The van der Waals surface area contributed by atoms with Crippen LogP contribution in [0.3, 0.4) is 0 Å². The number of halogens is 4. The van der Waals surface area contributed by atoms with Crippen LogP contribution in [0, 0.1) is 0 Å². The van der Waals surface area contributed by atoms with Gasteiger partial charge in [0.15, 0.2) is 0 Å². The Balaban J connectivity index is 2.46. The summed E-state index contributed by atoms with van der Waals surface area (Å²) in [5.74, 6) is 0. The fourth-order valence-corrected chi connectivity index (χ4v) is 2.91. The molecule has 114 valence electrons. The summed E-state index contributed by atoms with van der Waals surface area (Å²) in [5, 5.41) is 4.80. The normalized spacial score (nSPS) is 13.6. The Morgan fingerprint density at radius 3 is 2.38 bits per heavy atom. The van der Waals surface area contributed by atoms with Gasteiger partial charge in [-0.3, -0.25) is 0 Å². The van der Waals surface area contributed by atoms with Gasteiger partial charge < -0.3 is 5.32 Å². The van der Waals surface area contributed by atoms with E-state index in [1.807, 2.05) is 37.3 Å². The molecule has 2 aromatic carbocycles. The molecule has 1 unspecified atom stereocenters. The molecule has 0 radical (unpaired) electrons. The minimum Gasteiger partial charge on any atom is -0.310 e. The van der Waals surface area contributed by atoms with Crippen molar-refractivity contribution >= 4 is 26.7 Å². The Morgan fingerprint density at radius 1 is 1.10 bits per heavy atom. The van der Waals surface area contributed by atoms with Gasteiger partial charge in [0.2, 0.25) is 0 Å². The molecule has 21 heavy (non-hydrogen) atoms. The van der Waals surface area contributed by atoms with Crippen LogP contribution in [-0.4, -0.2) is 12.7 Å². The molecule has 0 aromatic heterocycles. The summed E-state index contributed by atoms with van der Waals surface area (Å²) in [6, 6.07) is 10.4. The van der Waals surface area contributed by atoms with Crippen LogP contribution in [0.4, 0.5) is 13.2 Å². The summed E-state index contributed by atoms with van der Waals surface area (Å²) in [7, 11) is 0. The second-order valence-electron chi connectivity index (χ2n) is 5.01. The van der Waals surface area contributed by atoms with Crippen molar-refractivity contribution in [3.05, 3.63) is 46.4 Å². The smallest absolute Gasteiger partial charge is 0.310 e. The van der Waals surface area contributed by atoms with E-state index in [1.165, 1.54) is 0 Å². The maximum absolute atomic E-state index is 12.8. The van der Waals surface area contributed by atoms with Gasteiger partial charge in [0.05, 0.1) is 6.42 Å². The maximum atomic E-state index is 12.8. The Bertz CT molecular complexity index is 610. The topological polar surface area (TPSA) is 12.0 Å². The van der Waals surface area contributed by atoms with Gasteiger partial charge in [0.1, 0.15) is 0 Å². The second kappa shape index (κ2) is 6.79. The van der Waals surface area contributed by atoms with Crippen molar-refractivity contribution in [3.63, 3.8) is 0 Å². The van der Waals surface area contributed by atoms with Gasteiger partial charge in [0, 0.05) is 10.5 Å². The lowest BCUT2D eigenvalue weighted by Crippen LogP contribution is -2.27. The van der Waals surface area contributed by atoms with Crippen molar-refractivity contribution < 1.29 is 13.2 Å². The van der Waals surface area contributed by atoms with E-state index < -0.39 is 18.6 Å². The van der Waals surface area contributed by atoms with Gasteiger partial charge in [-0.1, -0.05) is 53.2 Å². The zero-order chi connectivity index (χ0) is 15.5. The Kier molecular flexibility index (Phi) is 5.27. The largest absolute Gasteiger partial charge is 0.390 e. The van der Waals surface area contributed by atoms with E-state index >= 15 is 0 Å². The van der Waals surface area contributed by atoms with E-state index in [1.54, 1.807) is 6.07 Å². The van der Waals surface area contributed by atoms with E-state index in [2.05, 4.69) is 21.2 Å². The van der Waals surface area contributed by atoms with Crippen LogP contribution in [-0.2, 0) is 0 Å². The summed E-state index contributed by atoms with van der Waals surface area (Å²) >= 11 is 3.45. The third-order valence-corrected chi connectivity index (χ3v) is 4.05. The predicted molar refractivity (Wildman–Crippen MR) is 83.4 cm³/mol. The summed E-state index contributed by atoms with van der Waals surface area (Å²) in [6.45, 7) is 2.50. The standard InChI is InChI=1S/C16H17BrF3N/c1-2-9-21-15(10-16(18,19)20)13-7-8-14(17)12-6-4-3-5-11(12)13/h3-8,15,21H,2,9-10H2,1H3. The average molecular weight is 360 g/mol. The highest BCUT2D eigenvalue weighted by atomic mass is 79.9. The van der Waals surface area contributed by atoms with Gasteiger partial charge in [-0.2, -0.15) is 13.2 Å². The van der Waals surface area contributed by atoms with E-state index in [0.29, 0.717) is 12.1 Å². The van der Waals surface area contributed by atoms with Gasteiger partial charge in [-0.25, -0.2) is 0 Å². The van der Waals surface area contributed by atoms with Crippen LogP contribution in [0.25, 0.3) is 10.8 Å². The lowest BCUT2D eigenvalue weighted by atomic mass is 9.96. The molecule has 2 rings (SSSR count). The number of benzene rings is 2. The van der Waals surface area contributed by atoms with Crippen LogP contribution < -0.4 is 5.32 Å². The Labute approximate surface area is 130 Å². The molecule has 1 atom stereocenters. The maximum Gasteiger partial charge on any atom is 0.390 e. The zero-order valence-corrected chi connectivity index (χ0v) is 13.3. The molecule has 0 saturated heterocycles. The molecule has 0 amide bonds. The van der Waals surface area contributed by atoms with Gasteiger partial charge >= 0.3 is 6.18 Å². The van der Waals surface area contributed by atoms with Crippen LogP contribution in [0.2, 0.25) is 0 Å². The molecular formula is C16H17BrF3N. The first-order valence-corrected chi connectivity index (χ1v) is 7.69. The highest BCUT2D eigenvalue weighted by Gasteiger charge is 2.33. The number of fused-ring (bicyclic) bond motifs is 1. The number of rotatable bonds is 5. The minimum absolute atomic E-state index is 0.561. The third-order valence-electron chi connectivity index (χ3n) is 3.36. The molecule has 0 aliphatic rings. The second-order valence-corrected chi connectivity index (χ2v) is 5.86. The first-order valence-electron chi connectivity index (χ1n) is 6.89.